The minimum Gasteiger partial charge on any atom is -0.306 e. The van der Waals surface area contributed by atoms with Gasteiger partial charge in [-0.3, -0.25) is 0 Å². The van der Waals surface area contributed by atoms with E-state index in [1.165, 1.54) is 42.0 Å². The van der Waals surface area contributed by atoms with Gasteiger partial charge in [-0.15, -0.1) is 0 Å². The second-order valence-electron chi connectivity index (χ2n) is 5.76. The zero-order chi connectivity index (χ0) is 19.8. The molecule has 144 valence electrons. The van der Waals surface area contributed by atoms with E-state index in [2.05, 4.69) is 4.98 Å². The molecule has 5 nitrogen and oxygen atoms in total. The van der Waals surface area contributed by atoms with Gasteiger partial charge in [0.1, 0.15) is 17.5 Å². The normalized spacial score (nSPS) is 14.0. The highest BCUT2D eigenvalue weighted by Gasteiger charge is 2.48. The molecule has 0 aliphatic carbocycles. The predicted octanol–water partition coefficient (Wildman–Crippen LogP) is 3.79. The van der Waals surface area contributed by atoms with Crippen LogP contribution in [0.3, 0.4) is 0 Å². The van der Waals surface area contributed by atoms with E-state index in [1.54, 1.807) is 0 Å². The van der Waals surface area contributed by atoms with E-state index in [1.807, 2.05) is 0 Å². The van der Waals surface area contributed by atoms with Crippen LogP contribution in [0.1, 0.15) is 18.5 Å². The largest absolute Gasteiger partial charge is 0.409 e. The maximum atomic E-state index is 13.8. The number of fused-ring (bicyclic) bond motifs is 1. The molecule has 0 aliphatic rings. The predicted molar refractivity (Wildman–Crippen MR) is 90.0 cm³/mol. The molecule has 0 saturated carbocycles. The van der Waals surface area contributed by atoms with Gasteiger partial charge in [0, 0.05) is 25.1 Å². The molecule has 0 amide bonds. The SMILES string of the molecule is CCN(C(c1ccc(F)cc1)C(F)(F)F)S(=O)(=O)c1ccc2nccn2c1. The average molecular weight is 401 g/mol. The Morgan fingerprint density at radius 3 is 2.41 bits per heavy atom. The van der Waals surface area contributed by atoms with Gasteiger partial charge in [0.15, 0.2) is 0 Å². The Hall–Kier alpha value is -2.46. The number of alkyl halides is 3. The summed E-state index contributed by atoms with van der Waals surface area (Å²) in [6.07, 6.45) is -0.745. The number of hydrogen-bond acceptors (Lipinski definition) is 3. The third-order valence-corrected chi connectivity index (χ3v) is 5.99. The Kier molecular flexibility index (Phi) is 4.96. The van der Waals surface area contributed by atoms with E-state index in [0.717, 1.165) is 24.3 Å². The summed E-state index contributed by atoms with van der Waals surface area (Å²) in [6, 6.07) is 3.78. The Morgan fingerprint density at radius 1 is 1.15 bits per heavy atom. The molecule has 1 unspecified atom stereocenters. The van der Waals surface area contributed by atoms with Crippen molar-refractivity contribution in [1.29, 1.82) is 0 Å². The third kappa shape index (κ3) is 3.67. The molecule has 0 spiro atoms. The van der Waals surface area contributed by atoms with Gasteiger partial charge in [-0.1, -0.05) is 19.1 Å². The van der Waals surface area contributed by atoms with Crippen molar-refractivity contribution >= 4 is 15.7 Å². The fourth-order valence-electron chi connectivity index (χ4n) is 2.84. The molecule has 0 fully saturated rings. The van der Waals surface area contributed by atoms with Crippen LogP contribution in [0.2, 0.25) is 0 Å². The monoisotopic (exact) mass is 401 g/mol. The molecule has 3 aromatic rings. The molecule has 0 N–H and O–H groups in total. The first-order valence-electron chi connectivity index (χ1n) is 7.91. The first-order chi connectivity index (χ1) is 12.6. The molecule has 1 aromatic carbocycles. The van der Waals surface area contributed by atoms with Crippen LogP contribution in [0.15, 0.2) is 59.9 Å². The summed E-state index contributed by atoms with van der Waals surface area (Å²) in [6.45, 7) is 0.890. The smallest absolute Gasteiger partial charge is 0.306 e. The van der Waals surface area contributed by atoms with Gasteiger partial charge >= 0.3 is 6.18 Å². The summed E-state index contributed by atoms with van der Waals surface area (Å²) in [5.74, 6) is -0.712. The second-order valence-corrected chi connectivity index (χ2v) is 7.65. The Morgan fingerprint density at radius 2 is 1.81 bits per heavy atom. The van der Waals surface area contributed by atoms with Crippen molar-refractivity contribution < 1.29 is 26.0 Å². The number of rotatable bonds is 5. The van der Waals surface area contributed by atoms with Crippen LogP contribution >= 0.6 is 0 Å². The van der Waals surface area contributed by atoms with Crippen molar-refractivity contribution in [2.75, 3.05) is 6.54 Å². The Labute approximate surface area is 152 Å². The molecular weight excluding hydrogens is 386 g/mol. The zero-order valence-electron chi connectivity index (χ0n) is 14.1. The number of benzene rings is 1. The van der Waals surface area contributed by atoms with Gasteiger partial charge in [-0.25, -0.2) is 17.8 Å². The molecular formula is C17H15F4N3O2S. The lowest BCUT2D eigenvalue weighted by atomic mass is 10.1. The van der Waals surface area contributed by atoms with E-state index in [4.69, 9.17) is 0 Å². The van der Waals surface area contributed by atoms with Gasteiger partial charge in [-0.05, 0) is 29.8 Å². The molecule has 2 heterocycles. The van der Waals surface area contributed by atoms with E-state index < -0.39 is 34.6 Å². The van der Waals surface area contributed by atoms with Gasteiger partial charge in [0.05, 0.1) is 4.90 Å². The van der Waals surface area contributed by atoms with Crippen molar-refractivity contribution in [2.45, 2.75) is 24.0 Å². The average Bonchev–Trinajstić information content (AvgIpc) is 3.07. The van der Waals surface area contributed by atoms with E-state index >= 15 is 0 Å². The number of hydrogen-bond donors (Lipinski definition) is 0. The van der Waals surface area contributed by atoms with Crippen LogP contribution in [0.25, 0.3) is 5.65 Å². The van der Waals surface area contributed by atoms with Crippen LogP contribution < -0.4 is 0 Å². The first kappa shape index (κ1) is 19.3. The van der Waals surface area contributed by atoms with Crippen molar-refractivity contribution in [2.24, 2.45) is 0 Å². The highest BCUT2D eigenvalue weighted by molar-refractivity contribution is 7.89. The Bertz CT molecular complexity index is 1050. The van der Waals surface area contributed by atoms with E-state index in [9.17, 15) is 26.0 Å². The fraction of sp³-hybridized carbons (Fsp3) is 0.235. The molecule has 3 rings (SSSR count). The van der Waals surface area contributed by atoms with Gasteiger partial charge in [-0.2, -0.15) is 17.5 Å². The summed E-state index contributed by atoms with van der Waals surface area (Å²) >= 11 is 0. The van der Waals surface area contributed by atoms with Crippen molar-refractivity contribution in [3.05, 3.63) is 66.4 Å². The number of halogens is 4. The van der Waals surface area contributed by atoms with Gasteiger partial charge in [0.2, 0.25) is 10.0 Å². The summed E-state index contributed by atoms with van der Waals surface area (Å²) in [5.41, 5.74) is 0.0981. The van der Waals surface area contributed by atoms with Crippen molar-refractivity contribution in [1.82, 2.24) is 13.7 Å². The minimum atomic E-state index is -4.89. The van der Waals surface area contributed by atoms with Crippen LogP contribution in [-0.2, 0) is 10.0 Å². The van der Waals surface area contributed by atoms with Crippen LogP contribution in [0.4, 0.5) is 17.6 Å². The molecule has 27 heavy (non-hydrogen) atoms. The Balaban J connectivity index is 2.11. The van der Waals surface area contributed by atoms with Crippen molar-refractivity contribution in [3.63, 3.8) is 0 Å². The molecule has 10 heteroatoms. The number of sulfonamides is 1. The first-order valence-corrected chi connectivity index (χ1v) is 9.35. The summed E-state index contributed by atoms with van der Waals surface area (Å²) in [7, 11) is -4.49. The quantitative estimate of drug-likeness (QED) is 0.612. The van der Waals surface area contributed by atoms with Gasteiger partial charge < -0.3 is 4.40 Å². The van der Waals surface area contributed by atoms with E-state index in [0.29, 0.717) is 9.95 Å². The lowest BCUT2D eigenvalue weighted by molar-refractivity contribution is -0.173. The fourth-order valence-corrected chi connectivity index (χ4v) is 4.46. The number of nitrogens with zero attached hydrogens (tertiary/aromatic N) is 3. The number of aromatic nitrogens is 2. The summed E-state index contributed by atoms with van der Waals surface area (Å²) in [4.78, 5) is 3.68. The van der Waals surface area contributed by atoms with Crippen LogP contribution in [-0.4, -0.2) is 34.8 Å². The van der Waals surface area contributed by atoms with E-state index in [-0.39, 0.29) is 10.5 Å². The molecule has 0 bridgehead atoms. The molecule has 0 aliphatic heterocycles. The zero-order valence-corrected chi connectivity index (χ0v) is 14.9. The standard InChI is InChI=1S/C17H15F4N3O2S/c1-2-24(16(17(19,20)21)12-3-5-13(18)6-4-12)27(25,26)14-7-8-15-22-9-10-23(15)11-14/h3-11,16H,2H2,1H3. The number of imidazole rings is 1. The topological polar surface area (TPSA) is 54.7 Å². The van der Waals surface area contributed by atoms with Crippen LogP contribution in [0.5, 0.6) is 0 Å². The highest BCUT2D eigenvalue weighted by atomic mass is 32.2. The molecule has 2 aromatic heterocycles. The minimum absolute atomic E-state index is 0.300. The highest BCUT2D eigenvalue weighted by Crippen LogP contribution is 2.40. The molecule has 0 saturated heterocycles. The maximum absolute atomic E-state index is 13.8. The lowest BCUT2D eigenvalue weighted by Crippen LogP contribution is -2.42. The van der Waals surface area contributed by atoms with Crippen molar-refractivity contribution in [3.8, 4) is 0 Å². The summed E-state index contributed by atoms with van der Waals surface area (Å²) in [5, 5.41) is 0. The number of pyridine rings is 1. The second kappa shape index (κ2) is 6.93. The molecule has 0 radical (unpaired) electrons. The maximum Gasteiger partial charge on any atom is 0.409 e. The third-order valence-electron chi connectivity index (χ3n) is 4.06. The molecule has 1 atom stereocenters. The lowest BCUT2D eigenvalue weighted by Gasteiger charge is -2.31. The summed E-state index contributed by atoms with van der Waals surface area (Å²) < 4.78 is 82.2. The van der Waals surface area contributed by atoms with Gasteiger partial charge in [0.25, 0.3) is 0 Å². The van der Waals surface area contributed by atoms with Crippen LogP contribution in [0, 0.1) is 5.82 Å².